The van der Waals surface area contributed by atoms with Crippen molar-refractivity contribution in [2.75, 3.05) is 16.4 Å². The molecule has 65 heavy (non-hydrogen) atoms. The Balaban J connectivity index is 1.12. The Morgan fingerprint density at radius 1 is 0.692 bits per heavy atom. The number of carbonyl (C=O) groups is 2. The Kier molecular flexibility index (Phi) is 13.5. The number of azide groups is 1. The Bertz CT molecular complexity index is 3130. The van der Waals surface area contributed by atoms with Gasteiger partial charge in [-0.15, -0.1) is 0 Å². The molecule has 0 saturated carbocycles. The van der Waals surface area contributed by atoms with Crippen LogP contribution in [0, 0.1) is 0 Å². The van der Waals surface area contributed by atoms with Crippen LogP contribution in [0.5, 0.6) is 11.5 Å². The Morgan fingerprint density at radius 2 is 1.38 bits per heavy atom. The normalized spacial score (nSPS) is 11.9. The number of halogens is 3. The van der Waals surface area contributed by atoms with Gasteiger partial charge in [-0.05, 0) is 83.2 Å². The van der Waals surface area contributed by atoms with E-state index in [1.165, 1.54) is 0 Å². The Labute approximate surface area is 387 Å². The highest BCUT2D eigenvalue weighted by Gasteiger charge is 2.29. The van der Waals surface area contributed by atoms with Crippen molar-refractivity contribution >= 4 is 91.6 Å². The first-order valence-electron chi connectivity index (χ1n) is 20.3. The highest BCUT2D eigenvalue weighted by atomic mass is 35.5. The average Bonchev–Trinajstić information content (AvgIpc) is 3.32. The molecule has 0 amide bonds. The van der Waals surface area contributed by atoms with Gasteiger partial charge in [-0.3, -0.25) is 19.6 Å². The molecule has 0 spiro atoms. The number of aromatic nitrogens is 4. The minimum absolute atomic E-state index is 0.0317. The molecule has 14 nitrogen and oxygen atoms in total. The molecule has 0 saturated heterocycles. The first-order chi connectivity index (χ1) is 31.6. The summed E-state index contributed by atoms with van der Waals surface area (Å²) in [4.78, 5) is 48.1. The summed E-state index contributed by atoms with van der Waals surface area (Å²) in [5.74, 6) is 0.326. The lowest BCUT2D eigenvalue weighted by atomic mass is 9.95. The molecule has 0 aliphatic rings. The number of nitrogen functional groups attached to an aromatic ring is 1. The van der Waals surface area contributed by atoms with Crippen molar-refractivity contribution in [3.05, 3.63) is 187 Å². The number of rotatable bonds is 15. The summed E-state index contributed by atoms with van der Waals surface area (Å²) in [6.07, 6.45) is 6.78. The molecule has 4 N–H and O–H groups in total. The van der Waals surface area contributed by atoms with Gasteiger partial charge in [0.25, 0.3) is 0 Å². The van der Waals surface area contributed by atoms with Gasteiger partial charge in [-0.1, -0.05) is 101 Å². The molecular formula is C48H37Cl3N10O4. The second kappa shape index (κ2) is 19.9. The van der Waals surface area contributed by atoms with Crippen LogP contribution in [0.25, 0.3) is 32.2 Å². The third-order valence-corrected chi connectivity index (χ3v) is 11.6. The van der Waals surface area contributed by atoms with Crippen LogP contribution in [0.2, 0.25) is 15.1 Å². The highest BCUT2D eigenvalue weighted by molar-refractivity contribution is 6.36. The Hall–Kier alpha value is -7.48. The maximum atomic E-state index is 14.0. The molecule has 0 fully saturated rings. The van der Waals surface area contributed by atoms with Gasteiger partial charge >= 0.3 is 11.9 Å². The van der Waals surface area contributed by atoms with Crippen LogP contribution < -0.4 is 25.8 Å². The minimum Gasteiger partial charge on any atom is -0.424 e. The number of pyridine rings is 4. The van der Waals surface area contributed by atoms with E-state index >= 15 is 0 Å². The molecule has 0 radical (unpaired) electrons. The number of esters is 2. The molecule has 2 unspecified atom stereocenters. The van der Waals surface area contributed by atoms with E-state index < -0.39 is 24.0 Å². The zero-order valence-corrected chi connectivity index (χ0v) is 36.7. The maximum absolute atomic E-state index is 14.0. The van der Waals surface area contributed by atoms with Crippen LogP contribution in [0.3, 0.4) is 0 Å². The lowest BCUT2D eigenvalue weighted by Gasteiger charge is -2.25. The van der Waals surface area contributed by atoms with Crippen molar-refractivity contribution in [2.45, 2.75) is 38.3 Å². The fraction of sp³-hybridized carbons (Fsp3) is 0.125. The van der Waals surface area contributed by atoms with E-state index in [9.17, 15) is 15.1 Å². The molecule has 4 heterocycles. The molecule has 0 bridgehead atoms. The predicted molar refractivity (Wildman–Crippen MR) is 254 cm³/mol. The van der Waals surface area contributed by atoms with Crippen molar-refractivity contribution in [1.82, 2.24) is 19.9 Å². The molecule has 0 aliphatic carbocycles. The minimum atomic E-state index is -0.883. The summed E-state index contributed by atoms with van der Waals surface area (Å²) in [6.45, 7) is 1.68. The summed E-state index contributed by atoms with van der Waals surface area (Å²) in [6, 6.07) is 30.5. The van der Waals surface area contributed by atoms with E-state index in [-0.39, 0.29) is 41.5 Å². The fourth-order valence-electron chi connectivity index (χ4n) is 7.36. The van der Waals surface area contributed by atoms with Crippen molar-refractivity contribution in [1.29, 1.82) is 0 Å². The number of hydrogen-bond acceptors (Lipinski definition) is 12. The van der Waals surface area contributed by atoms with Crippen LogP contribution in [-0.4, -0.2) is 31.9 Å². The number of nitrogens with one attached hydrogen (secondary N) is 2. The second-order valence-corrected chi connectivity index (χ2v) is 15.7. The molecular weight excluding hydrogens is 887 g/mol. The van der Waals surface area contributed by atoms with Crippen LogP contribution in [0.4, 0.5) is 23.0 Å². The topological polar surface area (TPSA) is 203 Å². The SMILES string of the molecule is CCC(=O)Oc1c(C(Nc2cc(CCC(=O)Oc3c(C(Nc4ccccn4)c4cccc(N)c4Cl)ccc4cccnc34)ccn2)c2cccc(N=[N+]=[N-])c2Cl)cc(Cl)c2cccnc12. The number of fused-ring (bicyclic) bond motifs is 2. The van der Waals surface area contributed by atoms with Gasteiger partial charge < -0.3 is 25.8 Å². The van der Waals surface area contributed by atoms with Crippen molar-refractivity contribution in [3.63, 3.8) is 0 Å². The molecule has 8 rings (SSSR count). The summed E-state index contributed by atoms with van der Waals surface area (Å²) in [7, 11) is 0. The van der Waals surface area contributed by atoms with E-state index in [1.807, 2.05) is 42.5 Å². The molecule has 8 aromatic rings. The smallest absolute Gasteiger partial charge is 0.311 e. The standard InChI is InChI=1S/C48H37Cl3N10O4/c1-2-39(62)64-48-33(26-34(49)29-12-8-23-57-46(29)48)45(31-11-6-14-36(42(31)51)60-61-53)59-38-25-27(20-24-55-38)16-19-40(63)65-47-32(18-17-28-9-7-22-56-43(28)47)44(58-37-15-3-4-21-54-37)30-10-5-13-35(52)41(30)50/h3-15,17-18,20-26,44-45H,2,16,19,52H2,1H3,(H,54,58)(H,55,59). The molecule has 17 heteroatoms. The third kappa shape index (κ3) is 9.71. The number of aryl methyl sites for hydroxylation is 1. The predicted octanol–water partition coefficient (Wildman–Crippen LogP) is 12.3. The van der Waals surface area contributed by atoms with Crippen LogP contribution >= 0.6 is 34.8 Å². The van der Waals surface area contributed by atoms with Crippen LogP contribution in [0.15, 0.2) is 139 Å². The lowest BCUT2D eigenvalue weighted by molar-refractivity contribution is -0.135. The highest BCUT2D eigenvalue weighted by Crippen LogP contribution is 2.45. The molecule has 4 aromatic heterocycles. The first-order valence-corrected chi connectivity index (χ1v) is 21.4. The third-order valence-electron chi connectivity index (χ3n) is 10.5. The van der Waals surface area contributed by atoms with Crippen LogP contribution in [0.1, 0.15) is 59.7 Å². The molecule has 324 valence electrons. The van der Waals surface area contributed by atoms with Gasteiger partial charge in [0.2, 0.25) is 0 Å². The number of nitrogens with two attached hydrogens (primary N) is 1. The number of hydrogen-bond donors (Lipinski definition) is 3. The van der Waals surface area contributed by atoms with E-state index in [0.29, 0.717) is 66.0 Å². The largest absolute Gasteiger partial charge is 0.424 e. The van der Waals surface area contributed by atoms with E-state index in [0.717, 1.165) is 10.9 Å². The second-order valence-electron chi connectivity index (χ2n) is 14.6. The Morgan fingerprint density at radius 3 is 2.17 bits per heavy atom. The number of nitrogens with zero attached hydrogens (tertiary/aromatic N) is 7. The molecule has 0 aliphatic heterocycles. The fourth-order valence-corrected chi connectivity index (χ4v) is 8.14. The quantitative estimate of drug-likeness (QED) is 0.0220. The van der Waals surface area contributed by atoms with Crippen LogP contribution in [-0.2, 0) is 16.0 Å². The van der Waals surface area contributed by atoms with Gasteiger partial charge in [0.15, 0.2) is 11.5 Å². The molecule has 4 aromatic carbocycles. The van der Waals surface area contributed by atoms with Crippen molar-refractivity contribution in [3.8, 4) is 11.5 Å². The average molecular weight is 924 g/mol. The lowest BCUT2D eigenvalue weighted by Crippen LogP contribution is -2.18. The van der Waals surface area contributed by atoms with E-state index in [2.05, 4.69) is 40.6 Å². The van der Waals surface area contributed by atoms with Gasteiger partial charge in [0.1, 0.15) is 22.7 Å². The number of benzene rings is 4. The van der Waals surface area contributed by atoms with E-state index in [1.54, 1.807) is 98.4 Å². The van der Waals surface area contributed by atoms with Gasteiger partial charge in [0, 0.05) is 64.4 Å². The summed E-state index contributed by atoms with van der Waals surface area (Å²) < 4.78 is 12.2. The molecule has 2 atom stereocenters. The summed E-state index contributed by atoms with van der Waals surface area (Å²) >= 11 is 20.6. The van der Waals surface area contributed by atoms with Crippen molar-refractivity contribution in [2.24, 2.45) is 5.11 Å². The first kappa shape index (κ1) is 44.1. The number of ether oxygens (including phenoxy) is 2. The van der Waals surface area contributed by atoms with Crippen molar-refractivity contribution < 1.29 is 19.1 Å². The maximum Gasteiger partial charge on any atom is 0.311 e. The van der Waals surface area contributed by atoms with Gasteiger partial charge in [0.05, 0.1) is 38.5 Å². The summed E-state index contributed by atoms with van der Waals surface area (Å²) in [5.41, 5.74) is 19.8. The zero-order valence-electron chi connectivity index (χ0n) is 34.5. The van der Waals surface area contributed by atoms with Gasteiger partial charge in [-0.25, -0.2) is 9.97 Å². The van der Waals surface area contributed by atoms with E-state index in [4.69, 9.17) is 50.0 Å². The number of anilines is 3. The number of carbonyl (C=O) groups excluding carboxylic acids is 2. The zero-order chi connectivity index (χ0) is 45.5. The summed E-state index contributed by atoms with van der Waals surface area (Å²) in [5, 5.41) is 12.8. The van der Waals surface area contributed by atoms with Gasteiger partial charge in [-0.2, -0.15) is 0 Å². The monoisotopic (exact) mass is 922 g/mol.